The van der Waals surface area contributed by atoms with E-state index in [0.29, 0.717) is 6.42 Å². The molecule has 0 saturated carbocycles. The molecule has 5 rings (SSSR count). The molecule has 0 aliphatic carbocycles. The fourth-order valence-electron chi connectivity index (χ4n) is 6.52. The molecule has 3 nitrogen and oxygen atoms in total. The van der Waals surface area contributed by atoms with E-state index in [0.717, 1.165) is 18.4 Å². The Morgan fingerprint density at radius 1 is 0.447 bits per heavy atom. The molecule has 0 bridgehead atoms. The third-order valence-electron chi connectivity index (χ3n) is 8.88. The van der Waals surface area contributed by atoms with Gasteiger partial charge in [-0.2, -0.15) is 8.42 Å². The van der Waals surface area contributed by atoms with E-state index in [1.807, 2.05) is 6.07 Å². The van der Waals surface area contributed by atoms with Gasteiger partial charge in [0.15, 0.2) is 0 Å². The van der Waals surface area contributed by atoms with Crippen LogP contribution in [0.4, 0.5) is 0 Å². The molecule has 5 heteroatoms. The zero-order chi connectivity index (χ0) is 33.2. The molecule has 0 amide bonds. The van der Waals surface area contributed by atoms with Gasteiger partial charge in [-0.15, -0.1) is 0 Å². The quantitative estimate of drug-likeness (QED) is 0.0649. The Bertz CT molecular complexity index is 1510. The van der Waals surface area contributed by atoms with Crippen molar-refractivity contribution in [2.24, 2.45) is 0 Å². The Hall–Kier alpha value is -3.56. The average molecular weight is 667 g/mol. The molecule has 0 aliphatic heterocycles. The van der Waals surface area contributed by atoms with Crippen LogP contribution >= 0.6 is 7.26 Å². The van der Waals surface area contributed by atoms with Gasteiger partial charge in [-0.1, -0.05) is 82.9 Å². The molecule has 0 unspecified atom stereocenters. The number of rotatable bonds is 16. The summed E-state index contributed by atoms with van der Waals surface area (Å²) in [4.78, 5) is 0.0610. The molecule has 0 aromatic heterocycles. The summed E-state index contributed by atoms with van der Waals surface area (Å²) in [5.41, 5.74) is 0.726. The van der Waals surface area contributed by atoms with Gasteiger partial charge in [0.1, 0.15) is 0 Å². The number of hydrogen-bond acceptors (Lipinski definition) is 2. The van der Waals surface area contributed by atoms with Crippen LogP contribution in [0.5, 0.6) is 0 Å². The molecule has 0 aliphatic rings. The Balaban J connectivity index is 0.000000215. The van der Waals surface area contributed by atoms with Gasteiger partial charge >= 0.3 is 150 Å². The van der Waals surface area contributed by atoms with E-state index in [-0.39, 0.29) is 4.90 Å². The van der Waals surface area contributed by atoms with Crippen LogP contribution in [0.25, 0.3) is 0 Å². The van der Waals surface area contributed by atoms with Gasteiger partial charge in [0.2, 0.25) is 0 Å². The summed E-state index contributed by atoms with van der Waals surface area (Å²) in [6.07, 6.45) is 13.3. The van der Waals surface area contributed by atoms with E-state index in [4.69, 9.17) is 0 Å². The molecule has 5 aromatic carbocycles. The third-order valence-corrected chi connectivity index (χ3v) is 14.6. The predicted octanol–water partition coefficient (Wildman–Crippen LogP) is 9.44. The summed E-state index contributed by atoms with van der Waals surface area (Å²) in [7, 11) is -6.40. The molecular weight excluding hydrogens is 616 g/mol. The van der Waals surface area contributed by atoms with Gasteiger partial charge < -0.3 is 0 Å². The monoisotopic (exact) mass is 666 g/mol. The standard InChI is InChI=1S/C24H21P.C18H30O3S/c1-5-13-21(14-6-1)25(22-15-7-2-8-16-22,23-17-9-3-10-18-23)24-19-11-4-12-20-24;1-2-3-4-5-6-7-8-9-10-11-14-17-15-12-13-16-18(17)22(19,20)21/h1-20,25H;12-13,15-16H,2-11,14H2,1H3,(H,19,20,21). The summed E-state index contributed by atoms with van der Waals surface area (Å²) in [5.74, 6) is 0. The average Bonchev–Trinajstić information content (AvgIpc) is 3.11. The van der Waals surface area contributed by atoms with E-state index in [2.05, 4.69) is 128 Å². The maximum atomic E-state index is 11.3. The van der Waals surface area contributed by atoms with Crippen molar-refractivity contribution in [1.29, 1.82) is 0 Å². The molecular formula is C42H51O3PS. The zero-order valence-electron chi connectivity index (χ0n) is 27.8. The van der Waals surface area contributed by atoms with E-state index in [1.165, 1.54) is 78.7 Å². The number of aryl methyl sites for hydroxylation is 1. The normalized spacial score (nSPS) is 11.8. The van der Waals surface area contributed by atoms with Crippen LogP contribution < -0.4 is 21.2 Å². The number of unbranched alkanes of at least 4 members (excludes halogenated alkanes) is 9. The first-order valence-corrected chi connectivity index (χ1v) is 20.7. The van der Waals surface area contributed by atoms with Crippen molar-refractivity contribution >= 4 is 38.6 Å². The molecule has 0 spiro atoms. The van der Waals surface area contributed by atoms with Gasteiger partial charge in [-0.25, -0.2) is 0 Å². The van der Waals surface area contributed by atoms with Crippen LogP contribution in [0.2, 0.25) is 0 Å². The number of hydrogen-bond donors (Lipinski definition) is 1. The molecule has 0 heterocycles. The van der Waals surface area contributed by atoms with E-state index in [9.17, 15) is 13.0 Å². The molecule has 47 heavy (non-hydrogen) atoms. The van der Waals surface area contributed by atoms with Gasteiger partial charge in [-0.3, -0.25) is 4.55 Å². The summed E-state index contributed by atoms with van der Waals surface area (Å²) < 4.78 is 31.8. The predicted molar refractivity (Wildman–Crippen MR) is 204 cm³/mol. The second kappa shape index (κ2) is 19.3. The Morgan fingerprint density at radius 2 is 0.766 bits per heavy atom. The van der Waals surface area contributed by atoms with E-state index < -0.39 is 17.4 Å². The molecule has 0 fully saturated rings. The second-order valence-electron chi connectivity index (χ2n) is 12.2. The van der Waals surface area contributed by atoms with Gasteiger partial charge in [-0.05, 0) is 24.5 Å². The van der Waals surface area contributed by atoms with Gasteiger partial charge in [0.05, 0.1) is 4.90 Å². The molecule has 248 valence electrons. The molecule has 0 saturated heterocycles. The van der Waals surface area contributed by atoms with Crippen LogP contribution in [-0.2, 0) is 16.5 Å². The molecule has 0 radical (unpaired) electrons. The van der Waals surface area contributed by atoms with Crippen molar-refractivity contribution in [2.75, 3.05) is 0 Å². The van der Waals surface area contributed by atoms with Crippen molar-refractivity contribution in [3.8, 4) is 0 Å². The van der Waals surface area contributed by atoms with Crippen molar-refractivity contribution < 1.29 is 13.0 Å². The summed E-state index contributed by atoms with van der Waals surface area (Å²) in [6, 6.07) is 50.7. The van der Waals surface area contributed by atoms with Crippen molar-refractivity contribution in [2.45, 2.75) is 82.4 Å². The Morgan fingerprint density at radius 3 is 1.13 bits per heavy atom. The summed E-state index contributed by atoms with van der Waals surface area (Å²) >= 11 is 0. The molecule has 5 aromatic rings. The second-order valence-corrected chi connectivity index (χ2v) is 17.4. The first-order valence-electron chi connectivity index (χ1n) is 17.3. The Labute approximate surface area is 284 Å². The van der Waals surface area contributed by atoms with E-state index in [1.54, 1.807) is 12.1 Å². The van der Waals surface area contributed by atoms with Crippen LogP contribution in [0.3, 0.4) is 0 Å². The van der Waals surface area contributed by atoms with Crippen LogP contribution in [0.1, 0.15) is 76.7 Å². The minimum atomic E-state index is -4.10. The number of benzene rings is 5. The summed E-state index contributed by atoms with van der Waals surface area (Å²) in [6.45, 7) is 2.24. The van der Waals surface area contributed by atoms with Gasteiger partial charge in [0, 0.05) is 0 Å². The van der Waals surface area contributed by atoms with Crippen molar-refractivity contribution in [3.05, 3.63) is 151 Å². The maximum absolute atomic E-state index is 11.3. The summed E-state index contributed by atoms with van der Waals surface area (Å²) in [5, 5.41) is 5.66. The van der Waals surface area contributed by atoms with Crippen LogP contribution in [0.15, 0.2) is 150 Å². The molecule has 1 N–H and O–H groups in total. The first kappa shape index (κ1) is 36.3. The Kier molecular flexibility index (Phi) is 14.9. The fraction of sp³-hybridized carbons (Fsp3) is 0.286. The van der Waals surface area contributed by atoms with Crippen LogP contribution in [0, 0.1) is 0 Å². The topological polar surface area (TPSA) is 54.4 Å². The van der Waals surface area contributed by atoms with E-state index >= 15 is 0 Å². The zero-order valence-corrected chi connectivity index (χ0v) is 29.6. The fourth-order valence-corrected chi connectivity index (χ4v) is 12.0. The van der Waals surface area contributed by atoms with Crippen LogP contribution in [-0.4, -0.2) is 13.0 Å². The van der Waals surface area contributed by atoms with Gasteiger partial charge in [0.25, 0.3) is 10.1 Å². The van der Waals surface area contributed by atoms with Crippen molar-refractivity contribution in [1.82, 2.24) is 0 Å². The van der Waals surface area contributed by atoms with Crippen molar-refractivity contribution in [3.63, 3.8) is 0 Å². The SMILES string of the molecule is CCCCCCCCCCCCc1ccccc1S(=O)(=O)O.c1ccc([PH](c2ccccc2)(c2ccccc2)c2ccccc2)cc1. The first-order chi connectivity index (χ1) is 23.0. The molecule has 0 atom stereocenters. The minimum absolute atomic E-state index is 0.0610. The third kappa shape index (κ3) is 10.5.